The summed E-state index contributed by atoms with van der Waals surface area (Å²) in [5.74, 6) is -0.860. The minimum Gasteiger partial charge on any atom is -0.465 e. The van der Waals surface area contributed by atoms with E-state index in [0.29, 0.717) is 43.1 Å². The van der Waals surface area contributed by atoms with Gasteiger partial charge in [-0.05, 0) is 56.2 Å². The van der Waals surface area contributed by atoms with E-state index >= 15 is 0 Å². The molecule has 2 unspecified atom stereocenters. The van der Waals surface area contributed by atoms with Crippen LogP contribution in [0, 0.1) is 12.8 Å². The number of allylic oxidation sites excluding steroid dienone is 5. The lowest BCUT2D eigenvalue weighted by Gasteiger charge is -2.32. The van der Waals surface area contributed by atoms with Gasteiger partial charge in [-0.3, -0.25) is 9.59 Å². The second-order valence-electron chi connectivity index (χ2n) is 10.4. The van der Waals surface area contributed by atoms with Gasteiger partial charge in [0.1, 0.15) is 0 Å². The first-order valence-corrected chi connectivity index (χ1v) is 14.0. The molecule has 2 N–H and O–H groups in total. The Kier molecular flexibility index (Phi) is 10.7. The SMILES string of the molecule is CC\C=C/C=C\C=C(/Cn1c(C)c(C(C)CCC)c2ccc(C(=O)OC)cc21)C(=O)N1CCCC(C(N)=O)C1. The van der Waals surface area contributed by atoms with Crippen molar-refractivity contribution in [2.75, 3.05) is 20.2 Å². The van der Waals surface area contributed by atoms with Crippen LogP contribution in [0.25, 0.3) is 10.9 Å². The van der Waals surface area contributed by atoms with Gasteiger partial charge in [0.2, 0.25) is 5.91 Å². The van der Waals surface area contributed by atoms with E-state index in [1.807, 2.05) is 48.6 Å². The van der Waals surface area contributed by atoms with Crippen LogP contribution < -0.4 is 5.73 Å². The summed E-state index contributed by atoms with van der Waals surface area (Å²) in [6.45, 7) is 9.83. The highest BCUT2D eigenvalue weighted by atomic mass is 16.5. The van der Waals surface area contributed by atoms with Crippen LogP contribution in [0.2, 0.25) is 0 Å². The van der Waals surface area contributed by atoms with Gasteiger partial charge in [-0.15, -0.1) is 0 Å². The Morgan fingerprint density at radius 1 is 1.18 bits per heavy atom. The van der Waals surface area contributed by atoms with Crippen LogP contribution in [0.1, 0.15) is 80.4 Å². The molecule has 0 bridgehead atoms. The fourth-order valence-electron chi connectivity index (χ4n) is 5.56. The Bertz CT molecular complexity index is 1280. The summed E-state index contributed by atoms with van der Waals surface area (Å²) in [5.41, 5.74) is 9.89. The van der Waals surface area contributed by atoms with Crippen LogP contribution in [-0.2, 0) is 20.9 Å². The van der Waals surface area contributed by atoms with Crippen molar-refractivity contribution in [3.63, 3.8) is 0 Å². The average Bonchev–Trinajstić information content (AvgIpc) is 3.21. The van der Waals surface area contributed by atoms with Crippen molar-refractivity contribution in [1.82, 2.24) is 9.47 Å². The van der Waals surface area contributed by atoms with Gasteiger partial charge < -0.3 is 19.9 Å². The summed E-state index contributed by atoms with van der Waals surface area (Å²) in [5, 5.41) is 1.08. The number of hydrogen-bond donors (Lipinski definition) is 1. The molecule has 2 aromatic rings. The molecule has 7 heteroatoms. The minimum atomic E-state index is -0.395. The maximum atomic E-state index is 13.9. The highest BCUT2D eigenvalue weighted by molar-refractivity contribution is 5.97. The smallest absolute Gasteiger partial charge is 0.337 e. The number of methoxy groups -OCH3 is 1. The molecule has 1 aliphatic heterocycles. The first-order chi connectivity index (χ1) is 18.7. The molecule has 0 radical (unpaired) electrons. The first kappa shape index (κ1) is 29.9. The van der Waals surface area contributed by atoms with E-state index in [9.17, 15) is 14.4 Å². The molecule has 3 rings (SSSR count). The summed E-state index contributed by atoms with van der Waals surface area (Å²) in [7, 11) is 1.38. The number of primary amides is 1. The average molecular weight is 534 g/mol. The van der Waals surface area contributed by atoms with Crippen molar-refractivity contribution in [3.8, 4) is 0 Å². The predicted molar refractivity (Wildman–Crippen MR) is 156 cm³/mol. The van der Waals surface area contributed by atoms with Crippen LogP contribution in [0.3, 0.4) is 0 Å². The predicted octanol–water partition coefficient (Wildman–Crippen LogP) is 5.81. The van der Waals surface area contributed by atoms with Crippen LogP contribution in [0.5, 0.6) is 0 Å². The lowest BCUT2D eigenvalue weighted by atomic mass is 9.93. The lowest BCUT2D eigenvalue weighted by molar-refractivity contribution is -0.131. The van der Waals surface area contributed by atoms with Crippen molar-refractivity contribution < 1.29 is 19.1 Å². The number of amides is 2. The summed E-state index contributed by atoms with van der Waals surface area (Å²) < 4.78 is 7.12. The molecule has 2 atom stereocenters. The molecule has 210 valence electrons. The number of aromatic nitrogens is 1. The zero-order chi connectivity index (χ0) is 28.5. The van der Waals surface area contributed by atoms with Gasteiger partial charge in [0.25, 0.3) is 5.91 Å². The molecule has 0 spiro atoms. The summed E-state index contributed by atoms with van der Waals surface area (Å²) in [6.07, 6.45) is 14.2. The molecular weight excluding hydrogens is 490 g/mol. The number of nitrogens with zero attached hydrogens (tertiary/aromatic N) is 2. The fourth-order valence-corrected chi connectivity index (χ4v) is 5.56. The highest BCUT2D eigenvalue weighted by Crippen LogP contribution is 2.35. The number of esters is 1. The van der Waals surface area contributed by atoms with E-state index in [4.69, 9.17) is 10.5 Å². The second kappa shape index (κ2) is 14.0. The summed E-state index contributed by atoms with van der Waals surface area (Å²) in [6, 6.07) is 5.67. The van der Waals surface area contributed by atoms with Crippen molar-refractivity contribution >= 4 is 28.7 Å². The van der Waals surface area contributed by atoms with Crippen molar-refractivity contribution in [2.45, 2.75) is 72.3 Å². The largest absolute Gasteiger partial charge is 0.465 e. The van der Waals surface area contributed by atoms with E-state index in [0.717, 1.165) is 42.3 Å². The van der Waals surface area contributed by atoms with E-state index < -0.39 is 5.97 Å². The van der Waals surface area contributed by atoms with Gasteiger partial charge in [-0.1, -0.05) is 63.6 Å². The molecule has 2 amide bonds. The van der Waals surface area contributed by atoms with Gasteiger partial charge in [-0.2, -0.15) is 0 Å². The fraction of sp³-hybridized carbons (Fsp3) is 0.469. The number of hydrogen-bond acceptors (Lipinski definition) is 4. The van der Waals surface area contributed by atoms with Gasteiger partial charge in [-0.25, -0.2) is 4.79 Å². The minimum absolute atomic E-state index is 0.0985. The number of ether oxygens (including phenoxy) is 1. The van der Waals surface area contributed by atoms with Crippen LogP contribution in [0.15, 0.2) is 54.2 Å². The number of benzene rings is 1. The third-order valence-corrected chi connectivity index (χ3v) is 7.61. The van der Waals surface area contributed by atoms with E-state index in [-0.39, 0.29) is 17.7 Å². The number of fused-ring (bicyclic) bond motifs is 1. The quantitative estimate of drug-likeness (QED) is 0.224. The Hall–Kier alpha value is -3.61. The van der Waals surface area contributed by atoms with Gasteiger partial charge in [0.15, 0.2) is 0 Å². The molecular formula is C32H43N3O4. The number of carbonyl (C=O) groups is 3. The molecule has 1 aromatic heterocycles. The number of likely N-dealkylation sites (tertiary alicyclic amines) is 1. The normalized spacial score (nSPS) is 17.3. The molecule has 1 aliphatic rings. The van der Waals surface area contributed by atoms with Gasteiger partial charge in [0.05, 0.1) is 25.1 Å². The maximum absolute atomic E-state index is 13.9. The molecule has 1 aromatic carbocycles. The first-order valence-electron chi connectivity index (χ1n) is 14.0. The lowest BCUT2D eigenvalue weighted by Crippen LogP contribution is -2.45. The van der Waals surface area contributed by atoms with E-state index in [1.54, 1.807) is 4.90 Å². The Morgan fingerprint density at radius 2 is 1.95 bits per heavy atom. The third kappa shape index (κ3) is 7.08. The van der Waals surface area contributed by atoms with Crippen LogP contribution in [0.4, 0.5) is 0 Å². The summed E-state index contributed by atoms with van der Waals surface area (Å²) >= 11 is 0. The van der Waals surface area contributed by atoms with E-state index in [2.05, 4.69) is 32.3 Å². The zero-order valence-corrected chi connectivity index (χ0v) is 24.0. The van der Waals surface area contributed by atoms with E-state index in [1.165, 1.54) is 12.7 Å². The standard InChI is InChI=1S/C32H43N3O4/c1-6-8-9-10-11-14-26(31(37)34-18-12-15-25(20-34)30(33)36)21-35-23(4)29(22(3)13-7-2)27-17-16-24(19-28(27)35)32(38)39-5/h8-11,14,16-17,19,22,25H,6-7,12-13,15,18,20-21H2,1-5H3,(H2,33,36)/b9-8-,11-10-,26-14+. The second-order valence-corrected chi connectivity index (χ2v) is 10.4. The summed E-state index contributed by atoms with van der Waals surface area (Å²) in [4.78, 5) is 39.9. The number of carbonyl (C=O) groups excluding carboxylic acids is 3. The van der Waals surface area contributed by atoms with Gasteiger partial charge in [0, 0.05) is 35.3 Å². The van der Waals surface area contributed by atoms with Crippen LogP contribution in [-0.4, -0.2) is 47.4 Å². The monoisotopic (exact) mass is 533 g/mol. The third-order valence-electron chi connectivity index (χ3n) is 7.61. The number of nitrogens with two attached hydrogens (primary N) is 1. The van der Waals surface area contributed by atoms with Crippen molar-refractivity contribution in [3.05, 3.63) is 71.0 Å². The molecule has 1 fully saturated rings. The molecule has 0 saturated carbocycles. The topological polar surface area (TPSA) is 94.6 Å². The van der Waals surface area contributed by atoms with Crippen molar-refractivity contribution in [2.24, 2.45) is 11.7 Å². The maximum Gasteiger partial charge on any atom is 0.337 e. The zero-order valence-electron chi connectivity index (χ0n) is 24.0. The Morgan fingerprint density at radius 3 is 2.62 bits per heavy atom. The number of piperidine rings is 1. The Balaban J connectivity index is 2.11. The van der Waals surface area contributed by atoms with Gasteiger partial charge >= 0.3 is 5.97 Å². The Labute approximate surface area is 232 Å². The molecule has 2 heterocycles. The van der Waals surface area contributed by atoms with Crippen LogP contribution >= 0.6 is 0 Å². The molecule has 39 heavy (non-hydrogen) atoms. The van der Waals surface area contributed by atoms with Crippen molar-refractivity contribution in [1.29, 1.82) is 0 Å². The molecule has 7 nitrogen and oxygen atoms in total. The highest BCUT2D eigenvalue weighted by Gasteiger charge is 2.29. The molecule has 0 aliphatic carbocycles. The molecule has 1 saturated heterocycles. The number of rotatable bonds is 11.